The molecule has 5 rings (SSSR count). The average Bonchev–Trinajstić information content (AvgIpc) is 3.17. The van der Waals surface area contributed by atoms with Gasteiger partial charge in [-0.15, -0.1) is 0 Å². The molecule has 9 heteroatoms. The van der Waals surface area contributed by atoms with Crippen LogP contribution in [0, 0.1) is 23.2 Å². The van der Waals surface area contributed by atoms with Crippen LogP contribution in [0.1, 0.15) is 75.3 Å². The number of nitrogens with two attached hydrogens (primary N) is 1. The van der Waals surface area contributed by atoms with Crippen molar-refractivity contribution in [2.24, 2.45) is 28.9 Å². The number of aromatic nitrogens is 2. The lowest BCUT2D eigenvalue weighted by atomic mass is 9.47. The Morgan fingerprint density at radius 2 is 1.94 bits per heavy atom. The van der Waals surface area contributed by atoms with E-state index in [1.165, 1.54) is 10.9 Å². The van der Waals surface area contributed by atoms with Crippen LogP contribution < -0.4 is 16.4 Å². The first-order valence-electron chi connectivity index (χ1n) is 11.8. The zero-order valence-electron chi connectivity index (χ0n) is 19.6. The molecule has 0 radical (unpaired) electrons. The SMILES string of the molecule is CCC(=O)NC(C)(C)/C=C/n1ncc(C(=O)N[C@H]2C3CC4CC2C[C@](C(N)=O)(C4)C3)c1CF. The van der Waals surface area contributed by atoms with Crippen molar-refractivity contribution >= 4 is 23.9 Å². The molecule has 0 aromatic carbocycles. The Hall–Kier alpha value is -2.71. The maximum atomic E-state index is 13.9. The maximum Gasteiger partial charge on any atom is 0.255 e. The van der Waals surface area contributed by atoms with E-state index in [4.69, 9.17) is 5.73 Å². The summed E-state index contributed by atoms with van der Waals surface area (Å²) in [6, 6.07) is -0.0314. The van der Waals surface area contributed by atoms with Crippen molar-refractivity contribution in [3.8, 4) is 0 Å². The van der Waals surface area contributed by atoms with Gasteiger partial charge in [0.1, 0.15) is 6.67 Å². The number of carbonyl (C=O) groups excluding carboxylic acids is 3. The Kier molecular flexibility index (Phi) is 6.09. The fourth-order valence-corrected chi connectivity index (χ4v) is 6.38. The van der Waals surface area contributed by atoms with E-state index in [0.717, 1.165) is 32.1 Å². The van der Waals surface area contributed by atoms with Gasteiger partial charge < -0.3 is 16.4 Å². The quantitative estimate of drug-likeness (QED) is 0.553. The molecule has 2 unspecified atom stereocenters. The van der Waals surface area contributed by atoms with Gasteiger partial charge in [0.15, 0.2) is 0 Å². The molecule has 4 fully saturated rings. The largest absolute Gasteiger partial charge is 0.369 e. The Labute approximate surface area is 193 Å². The van der Waals surface area contributed by atoms with Crippen LogP contribution in [0.2, 0.25) is 0 Å². The molecule has 0 saturated heterocycles. The third-order valence-corrected chi connectivity index (χ3v) is 7.78. The van der Waals surface area contributed by atoms with E-state index in [1.54, 1.807) is 19.2 Å². The van der Waals surface area contributed by atoms with E-state index in [9.17, 15) is 18.8 Å². The monoisotopic (exact) mass is 459 g/mol. The molecular formula is C24H34FN5O3. The summed E-state index contributed by atoms with van der Waals surface area (Å²) in [5, 5.41) is 10.2. The number of nitrogens with one attached hydrogen (secondary N) is 2. The summed E-state index contributed by atoms with van der Waals surface area (Å²) in [6.45, 7) is 4.58. The molecule has 0 spiro atoms. The molecular weight excluding hydrogens is 425 g/mol. The van der Waals surface area contributed by atoms with E-state index < -0.39 is 17.6 Å². The maximum absolute atomic E-state index is 13.9. The van der Waals surface area contributed by atoms with E-state index in [1.807, 2.05) is 13.8 Å². The summed E-state index contributed by atoms with van der Waals surface area (Å²) < 4.78 is 15.3. The third-order valence-electron chi connectivity index (χ3n) is 7.78. The minimum absolute atomic E-state index is 0.0314. The molecule has 0 aliphatic heterocycles. The molecule has 4 bridgehead atoms. The van der Waals surface area contributed by atoms with Crippen LogP contribution in [-0.2, 0) is 16.3 Å². The number of nitrogens with zero attached hydrogens (tertiary/aromatic N) is 2. The number of carbonyl (C=O) groups is 3. The summed E-state index contributed by atoms with van der Waals surface area (Å²) in [7, 11) is 0. The number of hydrogen-bond acceptors (Lipinski definition) is 4. The van der Waals surface area contributed by atoms with Crippen LogP contribution in [0.5, 0.6) is 0 Å². The Morgan fingerprint density at radius 3 is 2.52 bits per heavy atom. The highest BCUT2D eigenvalue weighted by Crippen LogP contribution is 2.59. The van der Waals surface area contributed by atoms with Crippen LogP contribution in [0.25, 0.3) is 6.20 Å². The molecule has 4 N–H and O–H groups in total. The molecule has 1 aromatic heterocycles. The fraction of sp³-hybridized carbons (Fsp3) is 0.667. The van der Waals surface area contributed by atoms with Crippen LogP contribution in [0.3, 0.4) is 0 Å². The summed E-state index contributed by atoms with van der Waals surface area (Å²) in [4.78, 5) is 37.0. The van der Waals surface area contributed by atoms with Gasteiger partial charge in [0, 0.05) is 24.1 Å². The highest BCUT2D eigenvalue weighted by Gasteiger charge is 2.58. The highest BCUT2D eigenvalue weighted by atomic mass is 19.1. The fourth-order valence-electron chi connectivity index (χ4n) is 6.38. The van der Waals surface area contributed by atoms with Gasteiger partial charge in [0.2, 0.25) is 11.8 Å². The summed E-state index contributed by atoms with van der Waals surface area (Å²) in [5.74, 6) is 0.293. The number of alkyl halides is 1. The van der Waals surface area contributed by atoms with Crippen molar-refractivity contribution in [1.29, 1.82) is 0 Å². The first-order valence-corrected chi connectivity index (χ1v) is 11.8. The lowest BCUT2D eigenvalue weighted by Crippen LogP contribution is -2.62. The molecule has 4 saturated carbocycles. The highest BCUT2D eigenvalue weighted by molar-refractivity contribution is 5.95. The lowest BCUT2D eigenvalue weighted by molar-refractivity contribution is -0.145. The number of rotatable bonds is 8. The molecule has 180 valence electrons. The number of primary amides is 1. The van der Waals surface area contributed by atoms with E-state index >= 15 is 0 Å². The summed E-state index contributed by atoms with van der Waals surface area (Å²) in [5.41, 5.74) is 5.06. The van der Waals surface area contributed by atoms with Crippen LogP contribution in [0.4, 0.5) is 4.39 Å². The molecule has 4 aliphatic rings. The van der Waals surface area contributed by atoms with Crippen LogP contribution in [0.15, 0.2) is 12.3 Å². The molecule has 4 aliphatic carbocycles. The minimum Gasteiger partial charge on any atom is -0.369 e. The first-order chi connectivity index (χ1) is 15.6. The lowest BCUT2D eigenvalue weighted by Gasteiger charge is -2.58. The van der Waals surface area contributed by atoms with E-state index in [0.29, 0.717) is 12.3 Å². The van der Waals surface area contributed by atoms with Gasteiger partial charge in [-0.1, -0.05) is 6.92 Å². The topological polar surface area (TPSA) is 119 Å². The Morgan fingerprint density at radius 1 is 1.27 bits per heavy atom. The molecule has 1 aromatic rings. The molecule has 1 heterocycles. The van der Waals surface area contributed by atoms with E-state index in [-0.39, 0.29) is 46.9 Å². The van der Waals surface area contributed by atoms with Gasteiger partial charge in [0.05, 0.1) is 23.0 Å². The van der Waals surface area contributed by atoms with Crippen LogP contribution in [-0.4, -0.2) is 39.1 Å². The minimum atomic E-state index is -0.848. The van der Waals surface area contributed by atoms with Crippen LogP contribution >= 0.6 is 0 Å². The van der Waals surface area contributed by atoms with Gasteiger partial charge in [-0.2, -0.15) is 5.10 Å². The van der Waals surface area contributed by atoms with Crippen molar-refractivity contribution in [2.45, 2.75) is 77.6 Å². The second-order valence-corrected chi connectivity index (χ2v) is 10.6. The number of amides is 3. The zero-order valence-corrected chi connectivity index (χ0v) is 19.6. The van der Waals surface area contributed by atoms with Gasteiger partial charge in [-0.25, -0.2) is 9.07 Å². The van der Waals surface area contributed by atoms with Crippen molar-refractivity contribution in [3.05, 3.63) is 23.5 Å². The number of hydrogen-bond donors (Lipinski definition) is 3. The number of halogens is 1. The summed E-state index contributed by atoms with van der Waals surface area (Å²) in [6.07, 6.45) is 9.33. The normalized spacial score (nSPS) is 30.5. The van der Waals surface area contributed by atoms with Gasteiger partial charge in [-0.3, -0.25) is 14.4 Å². The average molecular weight is 460 g/mol. The van der Waals surface area contributed by atoms with Gasteiger partial charge in [0.25, 0.3) is 5.91 Å². The second kappa shape index (κ2) is 8.57. The molecule has 33 heavy (non-hydrogen) atoms. The Bertz CT molecular complexity index is 969. The van der Waals surface area contributed by atoms with Crippen molar-refractivity contribution in [2.75, 3.05) is 0 Å². The smallest absolute Gasteiger partial charge is 0.255 e. The third kappa shape index (κ3) is 4.42. The van der Waals surface area contributed by atoms with Crippen molar-refractivity contribution < 1.29 is 18.8 Å². The zero-order chi connectivity index (χ0) is 24.0. The Balaban J connectivity index is 1.48. The molecule has 2 atom stereocenters. The second-order valence-electron chi connectivity index (χ2n) is 10.6. The predicted octanol–water partition coefficient (Wildman–Crippen LogP) is 2.54. The van der Waals surface area contributed by atoms with Gasteiger partial charge in [-0.05, 0) is 69.8 Å². The predicted molar refractivity (Wildman–Crippen MR) is 121 cm³/mol. The van der Waals surface area contributed by atoms with Gasteiger partial charge >= 0.3 is 0 Å². The van der Waals surface area contributed by atoms with Crippen molar-refractivity contribution in [3.63, 3.8) is 0 Å². The first kappa shape index (κ1) is 23.4. The standard InChI is InChI=1S/C24H34FN5O3/c1-4-19(31)29-23(2,3)5-6-30-18(12-25)17(13-27-30)21(32)28-20-15-7-14-8-16(20)11-24(9-14,10-15)22(26)33/h5-6,13-16,20H,4,7-12H2,1-3H3,(H2,26,33)(H,28,32)(H,29,31)/b6-5+/t14?,15?,16?,20-,24-. The van der Waals surface area contributed by atoms with E-state index in [2.05, 4.69) is 15.7 Å². The molecule has 3 amide bonds. The molecule has 8 nitrogen and oxygen atoms in total. The summed E-state index contributed by atoms with van der Waals surface area (Å²) >= 11 is 0. The van der Waals surface area contributed by atoms with Crippen molar-refractivity contribution in [1.82, 2.24) is 20.4 Å².